The van der Waals surface area contributed by atoms with Gasteiger partial charge >= 0.3 is 12.1 Å². The summed E-state index contributed by atoms with van der Waals surface area (Å²) in [6, 6.07) is 5.56. The minimum atomic E-state index is -4.92. The second kappa shape index (κ2) is 5.52. The lowest BCUT2D eigenvalue weighted by atomic mass is 10.1. The van der Waals surface area contributed by atoms with Gasteiger partial charge in [-0.1, -0.05) is 12.1 Å². The molecule has 0 saturated heterocycles. The van der Waals surface area contributed by atoms with Crippen molar-refractivity contribution >= 4 is 17.5 Å². The van der Waals surface area contributed by atoms with E-state index in [1.54, 1.807) is 5.32 Å². The highest BCUT2D eigenvalue weighted by Gasteiger charge is 2.38. The van der Waals surface area contributed by atoms with Crippen LogP contribution in [0, 0.1) is 0 Å². The van der Waals surface area contributed by atoms with E-state index in [-0.39, 0.29) is 18.0 Å². The van der Waals surface area contributed by atoms with Crippen LogP contribution in [0.1, 0.15) is 5.56 Å². The quantitative estimate of drug-likeness (QED) is 0.864. The predicted molar refractivity (Wildman–Crippen MR) is 58.9 cm³/mol. The molecule has 98 valence electrons. The molecule has 0 heterocycles. The maximum Gasteiger partial charge on any atom is 0.471 e. The number of carbonyl (C=O) groups is 2. The Kier molecular flexibility index (Phi) is 4.30. The van der Waals surface area contributed by atoms with Gasteiger partial charge in [-0.25, -0.2) is 0 Å². The standard InChI is InChI=1S/C11H11F3N2O2/c1-15-9(17)6-7-2-4-8(5-3-7)16-10(18)11(12,13)14/h2-5H,6H2,1H3,(H,15,17)(H,16,18). The summed E-state index contributed by atoms with van der Waals surface area (Å²) in [4.78, 5) is 21.7. The van der Waals surface area contributed by atoms with Crippen LogP contribution < -0.4 is 10.6 Å². The normalized spacial score (nSPS) is 10.9. The van der Waals surface area contributed by atoms with Crippen molar-refractivity contribution in [1.82, 2.24) is 5.32 Å². The molecule has 1 aromatic rings. The third-order valence-corrected chi connectivity index (χ3v) is 2.11. The lowest BCUT2D eigenvalue weighted by molar-refractivity contribution is -0.167. The Morgan fingerprint density at radius 3 is 2.17 bits per heavy atom. The van der Waals surface area contributed by atoms with Gasteiger partial charge in [-0.15, -0.1) is 0 Å². The molecule has 2 amide bonds. The fraction of sp³-hybridized carbons (Fsp3) is 0.273. The number of nitrogens with one attached hydrogen (secondary N) is 2. The van der Waals surface area contributed by atoms with E-state index in [2.05, 4.69) is 5.32 Å². The van der Waals surface area contributed by atoms with Gasteiger partial charge in [0.1, 0.15) is 0 Å². The molecule has 4 nitrogen and oxygen atoms in total. The number of hydrogen-bond donors (Lipinski definition) is 2. The van der Waals surface area contributed by atoms with Crippen LogP contribution in [-0.4, -0.2) is 25.0 Å². The van der Waals surface area contributed by atoms with E-state index in [0.717, 1.165) is 0 Å². The summed E-state index contributed by atoms with van der Waals surface area (Å²) in [6.07, 6.45) is -4.79. The van der Waals surface area contributed by atoms with Crippen molar-refractivity contribution in [2.45, 2.75) is 12.6 Å². The Bertz CT molecular complexity index is 441. The molecule has 2 N–H and O–H groups in total. The summed E-state index contributed by atoms with van der Waals surface area (Å²) in [5, 5.41) is 4.13. The van der Waals surface area contributed by atoms with E-state index < -0.39 is 12.1 Å². The third-order valence-electron chi connectivity index (χ3n) is 2.11. The maximum absolute atomic E-state index is 12.0. The number of carbonyl (C=O) groups excluding carboxylic acids is 2. The number of halogens is 3. The third kappa shape index (κ3) is 4.08. The van der Waals surface area contributed by atoms with Gasteiger partial charge in [-0.05, 0) is 17.7 Å². The molecular formula is C11H11F3N2O2. The zero-order valence-electron chi connectivity index (χ0n) is 9.47. The average Bonchev–Trinajstić information content (AvgIpc) is 2.30. The summed E-state index contributed by atoms with van der Waals surface area (Å²) >= 11 is 0. The van der Waals surface area contributed by atoms with Gasteiger partial charge in [0.25, 0.3) is 0 Å². The first-order valence-corrected chi connectivity index (χ1v) is 5.00. The molecular weight excluding hydrogens is 249 g/mol. The van der Waals surface area contributed by atoms with Crippen molar-refractivity contribution in [3.63, 3.8) is 0 Å². The lowest BCUT2D eigenvalue weighted by Crippen LogP contribution is -2.29. The van der Waals surface area contributed by atoms with Crippen molar-refractivity contribution < 1.29 is 22.8 Å². The van der Waals surface area contributed by atoms with Gasteiger partial charge in [0.15, 0.2) is 0 Å². The number of alkyl halides is 3. The second-order valence-electron chi connectivity index (χ2n) is 3.50. The number of amides is 2. The summed E-state index contributed by atoms with van der Waals surface area (Å²) in [5.74, 6) is -2.23. The van der Waals surface area contributed by atoms with Crippen molar-refractivity contribution in [2.75, 3.05) is 12.4 Å². The van der Waals surface area contributed by atoms with Crippen LogP contribution in [0.25, 0.3) is 0 Å². The summed E-state index contributed by atoms with van der Waals surface area (Å²) in [6.45, 7) is 0. The van der Waals surface area contributed by atoms with Crippen LogP contribution in [0.15, 0.2) is 24.3 Å². The van der Waals surface area contributed by atoms with Gasteiger partial charge in [0, 0.05) is 12.7 Å². The lowest BCUT2D eigenvalue weighted by Gasteiger charge is -2.08. The van der Waals surface area contributed by atoms with E-state index in [1.807, 2.05) is 0 Å². The molecule has 0 atom stereocenters. The smallest absolute Gasteiger partial charge is 0.359 e. The molecule has 1 aromatic carbocycles. The van der Waals surface area contributed by atoms with E-state index in [4.69, 9.17) is 0 Å². The fourth-order valence-electron chi connectivity index (χ4n) is 1.18. The van der Waals surface area contributed by atoms with Crippen LogP contribution in [0.3, 0.4) is 0 Å². The fourth-order valence-corrected chi connectivity index (χ4v) is 1.18. The Hall–Kier alpha value is -2.05. The number of anilines is 1. The molecule has 0 bridgehead atoms. The first-order chi connectivity index (χ1) is 8.32. The van der Waals surface area contributed by atoms with Gasteiger partial charge in [0.2, 0.25) is 5.91 Å². The monoisotopic (exact) mass is 260 g/mol. The Morgan fingerprint density at radius 1 is 1.17 bits per heavy atom. The summed E-state index contributed by atoms with van der Waals surface area (Å²) in [7, 11) is 1.49. The van der Waals surface area contributed by atoms with Gasteiger partial charge < -0.3 is 10.6 Å². The van der Waals surface area contributed by atoms with E-state index >= 15 is 0 Å². The second-order valence-corrected chi connectivity index (χ2v) is 3.50. The molecule has 18 heavy (non-hydrogen) atoms. The Balaban J connectivity index is 2.66. The molecule has 0 radical (unpaired) electrons. The Labute approximate surface area is 101 Å². The average molecular weight is 260 g/mol. The number of likely N-dealkylation sites (N-methyl/N-ethyl adjacent to an activating group) is 1. The Morgan fingerprint density at radius 2 is 1.72 bits per heavy atom. The zero-order chi connectivity index (χ0) is 13.8. The van der Waals surface area contributed by atoms with Crippen molar-refractivity contribution in [3.05, 3.63) is 29.8 Å². The van der Waals surface area contributed by atoms with Crippen LogP contribution in [0.2, 0.25) is 0 Å². The molecule has 0 spiro atoms. The first kappa shape index (κ1) is 14.0. The highest BCUT2D eigenvalue weighted by Crippen LogP contribution is 2.18. The minimum absolute atomic E-state index is 0.0259. The molecule has 1 rings (SSSR count). The summed E-state index contributed by atoms with van der Waals surface area (Å²) < 4.78 is 35.9. The maximum atomic E-state index is 12.0. The predicted octanol–water partition coefficient (Wildman–Crippen LogP) is 1.48. The molecule has 0 unspecified atom stereocenters. The highest BCUT2D eigenvalue weighted by molar-refractivity contribution is 5.94. The van der Waals surface area contributed by atoms with Crippen molar-refractivity contribution in [2.24, 2.45) is 0 Å². The van der Waals surface area contributed by atoms with E-state index in [9.17, 15) is 22.8 Å². The minimum Gasteiger partial charge on any atom is -0.359 e. The van der Waals surface area contributed by atoms with E-state index in [0.29, 0.717) is 5.56 Å². The highest BCUT2D eigenvalue weighted by atomic mass is 19.4. The largest absolute Gasteiger partial charge is 0.471 e. The van der Waals surface area contributed by atoms with Crippen molar-refractivity contribution in [1.29, 1.82) is 0 Å². The molecule has 0 aliphatic carbocycles. The summed E-state index contributed by atoms with van der Waals surface area (Å²) in [5.41, 5.74) is 0.664. The number of hydrogen-bond acceptors (Lipinski definition) is 2. The topological polar surface area (TPSA) is 58.2 Å². The van der Waals surface area contributed by atoms with Gasteiger partial charge in [-0.2, -0.15) is 13.2 Å². The number of benzene rings is 1. The van der Waals surface area contributed by atoms with Gasteiger partial charge in [0.05, 0.1) is 6.42 Å². The molecule has 0 aromatic heterocycles. The van der Waals surface area contributed by atoms with Crippen LogP contribution in [0.5, 0.6) is 0 Å². The van der Waals surface area contributed by atoms with E-state index in [1.165, 1.54) is 31.3 Å². The van der Waals surface area contributed by atoms with Crippen LogP contribution in [0.4, 0.5) is 18.9 Å². The zero-order valence-corrected chi connectivity index (χ0v) is 9.47. The van der Waals surface area contributed by atoms with Gasteiger partial charge in [-0.3, -0.25) is 9.59 Å². The molecule has 0 aliphatic rings. The SMILES string of the molecule is CNC(=O)Cc1ccc(NC(=O)C(F)(F)F)cc1. The molecule has 7 heteroatoms. The van der Waals surface area contributed by atoms with Crippen molar-refractivity contribution in [3.8, 4) is 0 Å². The first-order valence-electron chi connectivity index (χ1n) is 5.00. The van der Waals surface area contributed by atoms with Crippen LogP contribution in [-0.2, 0) is 16.0 Å². The molecule has 0 aliphatic heterocycles. The molecule has 0 fully saturated rings. The van der Waals surface area contributed by atoms with Crippen LogP contribution >= 0.6 is 0 Å². The number of rotatable bonds is 3. The molecule has 0 saturated carbocycles.